The molecule has 2 heterocycles. The van der Waals surface area contributed by atoms with E-state index in [-0.39, 0.29) is 5.91 Å². The van der Waals surface area contributed by atoms with Crippen LogP contribution in [0.4, 0.5) is 5.69 Å². The number of anilines is 1. The van der Waals surface area contributed by atoms with Gasteiger partial charge in [0.1, 0.15) is 0 Å². The quantitative estimate of drug-likeness (QED) is 0.896. The molecule has 1 aliphatic rings. The van der Waals surface area contributed by atoms with Crippen LogP contribution in [-0.4, -0.2) is 42.5 Å². The van der Waals surface area contributed by atoms with Crippen molar-refractivity contribution >= 4 is 11.6 Å². The summed E-state index contributed by atoms with van der Waals surface area (Å²) in [6.45, 7) is 4.38. The Morgan fingerprint density at radius 3 is 2.85 bits per heavy atom. The standard InChI is InChI=1S/C15H23N3O2/c1-12-10-13(14(20-2)11-17-12)16-7-6-15(19)18-8-4-3-5-9-18/h10-11H,3-9H2,1-2H3,(H,16,17). The van der Waals surface area contributed by atoms with Gasteiger partial charge in [-0.25, -0.2) is 0 Å². The van der Waals surface area contributed by atoms with Crippen LogP contribution in [0.25, 0.3) is 0 Å². The SMILES string of the molecule is COc1cnc(C)cc1NCCC(=O)N1CCCCC1. The predicted molar refractivity (Wildman–Crippen MR) is 79.1 cm³/mol. The molecule has 20 heavy (non-hydrogen) atoms. The van der Waals surface area contributed by atoms with Crippen molar-refractivity contribution in [1.29, 1.82) is 0 Å². The molecule has 0 aromatic carbocycles. The van der Waals surface area contributed by atoms with Crippen LogP contribution in [0.3, 0.4) is 0 Å². The minimum atomic E-state index is 0.238. The van der Waals surface area contributed by atoms with E-state index in [9.17, 15) is 4.79 Å². The van der Waals surface area contributed by atoms with Crippen molar-refractivity contribution in [2.24, 2.45) is 0 Å². The molecular formula is C15H23N3O2. The molecule has 5 nitrogen and oxygen atoms in total. The monoisotopic (exact) mass is 277 g/mol. The van der Waals surface area contributed by atoms with Crippen molar-refractivity contribution in [2.45, 2.75) is 32.6 Å². The normalized spacial score (nSPS) is 15.0. The van der Waals surface area contributed by atoms with E-state index in [4.69, 9.17) is 4.74 Å². The lowest BCUT2D eigenvalue weighted by Crippen LogP contribution is -2.36. The van der Waals surface area contributed by atoms with Gasteiger partial charge in [0.05, 0.1) is 19.0 Å². The molecule has 1 aromatic rings. The maximum Gasteiger partial charge on any atom is 0.224 e. The summed E-state index contributed by atoms with van der Waals surface area (Å²) in [4.78, 5) is 18.2. The van der Waals surface area contributed by atoms with Gasteiger partial charge in [-0.3, -0.25) is 9.78 Å². The Bertz CT molecular complexity index is 456. The van der Waals surface area contributed by atoms with Crippen LogP contribution in [0, 0.1) is 6.92 Å². The molecule has 0 bridgehead atoms. The largest absolute Gasteiger partial charge is 0.493 e. The van der Waals surface area contributed by atoms with E-state index in [0.717, 1.165) is 37.3 Å². The number of nitrogens with zero attached hydrogens (tertiary/aromatic N) is 2. The van der Waals surface area contributed by atoms with Gasteiger partial charge in [-0.05, 0) is 32.3 Å². The van der Waals surface area contributed by atoms with E-state index in [1.54, 1.807) is 13.3 Å². The summed E-state index contributed by atoms with van der Waals surface area (Å²) in [6, 6.07) is 1.93. The highest BCUT2D eigenvalue weighted by atomic mass is 16.5. The van der Waals surface area contributed by atoms with Crippen LogP contribution < -0.4 is 10.1 Å². The molecule has 1 N–H and O–H groups in total. The summed E-state index contributed by atoms with van der Waals surface area (Å²) in [5.41, 5.74) is 1.82. The van der Waals surface area contributed by atoms with E-state index in [0.29, 0.717) is 18.7 Å². The highest BCUT2D eigenvalue weighted by molar-refractivity contribution is 5.77. The van der Waals surface area contributed by atoms with Gasteiger partial charge in [-0.2, -0.15) is 0 Å². The molecule has 110 valence electrons. The lowest BCUT2D eigenvalue weighted by molar-refractivity contribution is -0.131. The molecule has 1 amide bonds. The zero-order chi connectivity index (χ0) is 14.4. The summed E-state index contributed by atoms with van der Waals surface area (Å²) >= 11 is 0. The highest BCUT2D eigenvalue weighted by Gasteiger charge is 2.15. The van der Waals surface area contributed by atoms with E-state index in [2.05, 4.69) is 10.3 Å². The Balaban J connectivity index is 1.83. The van der Waals surface area contributed by atoms with Gasteiger partial charge in [0.25, 0.3) is 0 Å². The second kappa shape index (κ2) is 7.12. The van der Waals surface area contributed by atoms with Gasteiger partial charge in [-0.1, -0.05) is 0 Å². The second-order valence-electron chi connectivity index (χ2n) is 5.14. The fourth-order valence-corrected chi connectivity index (χ4v) is 2.45. The molecule has 0 spiro atoms. The lowest BCUT2D eigenvalue weighted by atomic mass is 10.1. The number of piperidine rings is 1. The number of amides is 1. The van der Waals surface area contributed by atoms with Crippen LogP contribution in [0.5, 0.6) is 5.75 Å². The average Bonchev–Trinajstić information content (AvgIpc) is 2.48. The van der Waals surface area contributed by atoms with Crippen LogP contribution >= 0.6 is 0 Å². The minimum absolute atomic E-state index is 0.238. The van der Waals surface area contributed by atoms with E-state index in [1.165, 1.54) is 6.42 Å². The zero-order valence-electron chi connectivity index (χ0n) is 12.3. The van der Waals surface area contributed by atoms with E-state index < -0.39 is 0 Å². The highest BCUT2D eigenvalue weighted by Crippen LogP contribution is 2.23. The molecule has 5 heteroatoms. The van der Waals surface area contributed by atoms with Gasteiger partial charge in [0.15, 0.2) is 5.75 Å². The van der Waals surface area contributed by atoms with Crippen molar-refractivity contribution in [1.82, 2.24) is 9.88 Å². The predicted octanol–water partition coefficient (Wildman–Crippen LogP) is 2.21. The van der Waals surface area contributed by atoms with Gasteiger partial charge in [0, 0.05) is 31.7 Å². The number of rotatable bonds is 5. The molecule has 0 atom stereocenters. The number of aryl methyl sites for hydroxylation is 1. The lowest BCUT2D eigenvalue weighted by Gasteiger charge is -2.26. The van der Waals surface area contributed by atoms with E-state index >= 15 is 0 Å². The van der Waals surface area contributed by atoms with Gasteiger partial charge in [-0.15, -0.1) is 0 Å². The third kappa shape index (κ3) is 3.85. The third-order valence-corrected chi connectivity index (χ3v) is 3.59. The summed E-state index contributed by atoms with van der Waals surface area (Å²) in [6.07, 6.45) is 5.73. The van der Waals surface area contributed by atoms with Crippen LogP contribution in [0.15, 0.2) is 12.3 Å². The number of ether oxygens (including phenoxy) is 1. The number of likely N-dealkylation sites (tertiary alicyclic amines) is 1. The summed E-state index contributed by atoms with van der Waals surface area (Å²) in [7, 11) is 1.62. The third-order valence-electron chi connectivity index (χ3n) is 3.59. The first-order chi connectivity index (χ1) is 9.70. The maximum atomic E-state index is 12.1. The first-order valence-corrected chi connectivity index (χ1v) is 7.23. The Kier molecular flexibility index (Phi) is 5.21. The van der Waals surface area contributed by atoms with Gasteiger partial charge in [0.2, 0.25) is 5.91 Å². The molecule has 2 rings (SSSR count). The number of carbonyl (C=O) groups is 1. The number of nitrogens with one attached hydrogen (secondary N) is 1. The number of carbonyl (C=O) groups excluding carboxylic acids is 1. The van der Waals surface area contributed by atoms with Gasteiger partial charge >= 0.3 is 0 Å². The molecule has 1 aromatic heterocycles. The number of hydrogen-bond donors (Lipinski definition) is 1. The molecular weight excluding hydrogens is 254 g/mol. The summed E-state index contributed by atoms with van der Waals surface area (Å²) in [5, 5.41) is 3.26. The molecule has 0 radical (unpaired) electrons. The molecule has 0 unspecified atom stereocenters. The molecule has 1 aliphatic heterocycles. The molecule has 1 saturated heterocycles. The van der Waals surface area contributed by atoms with Crippen molar-refractivity contribution in [3.63, 3.8) is 0 Å². The van der Waals surface area contributed by atoms with Crippen molar-refractivity contribution < 1.29 is 9.53 Å². The van der Waals surface area contributed by atoms with Crippen LogP contribution in [-0.2, 0) is 4.79 Å². The number of aromatic nitrogens is 1. The number of pyridine rings is 1. The van der Waals surface area contributed by atoms with Crippen LogP contribution in [0.2, 0.25) is 0 Å². The average molecular weight is 277 g/mol. The zero-order valence-corrected chi connectivity index (χ0v) is 12.3. The molecule has 0 aliphatic carbocycles. The Hall–Kier alpha value is -1.78. The Labute approximate surface area is 120 Å². The molecule has 1 fully saturated rings. The van der Waals surface area contributed by atoms with Crippen molar-refractivity contribution in [3.8, 4) is 5.75 Å². The summed E-state index contributed by atoms with van der Waals surface area (Å²) in [5.74, 6) is 0.947. The Morgan fingerprint density at radius 1 is 1.40 bits per heavy atom. The number of methoxy groups -OCH3 is 1. The van der Waals surface area contributed by atoms with Crippen LogP contribution in [0.1, 0.15) is 31.4 Å². The molecule has 0 saturated carbocycles. The number of hydrogen-bond acceptors (Lipinski definition) is 4. The Morgan fingerprint density at radius 2 is 2.15 bits per heavy atom. The van der Waals surface area contributed by atoms with Crippen molar-refractivity contribution in [2.75, 3.05) is 32.1 Å². The fraction of sp³-hybridized carbons (Fsp3) is 0.600. The smallest absolute Gasteiger partial charge is 0.224 e. The summed E-state index contributed by atoms with van der Waals surface area (Å²) < 4.78 is 5.25. The second-order valence-corrected chi connectivity index (χ2v) is 5.14. The topological polar surface area (TPSA) is 54.5 Å². The van der Waals surface area contributed by atoms with Gasteiger partial charge < -0.3 is 15.0 Å². The maximum absolute atomic E-state index is 12.1. The fourth-order valence-electron chi connectivity index (χ4n) is 2.45. The van der Waals surface area contributed by atoms with E-state index in [1.807, 2.05) is 17.9 Å². The minimum Gasteiger partial charge on any atom is -0.493 e. The first-order valence-electron chi connectivity index (χ1n) is 7.23. The van der Waals surface area contributed by atoms with Crippen molar-refractivity contribution in [3.05, 3.63) is 18.0 Å². The first kappa shape index (κ1) is 14.6.